The van der Waals surface area contributed by atoms with E-state index in [4.69, 9.17) is 4.52 Å². The maximum Gasteiger partial charge on any atom is 0.223 e. The molecule has 0 saturated carbocycles. The van der Waals surface area contributed by atoms with Gasteiger partial charge in [-0.1, -0.05) is 5.16 Å². The molecule has 3 rings (SSSR count). The van der Waals surface area contributed by atoms with E-state index in [0.717, 1.165) is 57.9 Å². The van der Waals surface area contributed by atoms with Crippen molar-refractivity contribution in [2.24, 2.45) is 0 Å². The molecule has 0 aromatic carbocycles. The fourth-order valence-corrected chi connectivity index (χ4v) is 3.15. The second kappa shape index (κ2) is 7.89. The van der Waals surface area contributed by atoms with Gasteiger partial charge in [0.2, 0.25) is 11.8 Å². The zero-order valence-corrected chi connectivity index (χ0v) is 13.8. The fourth-order valence-electron chi connectivity index (χ4n) is 3.15. The Kier molecular flexibility index (Phi) is 6.16. The highest BCUT2D eigenvalue weighted by Gasteiger charge is 2.30. The summed E-state index contributed by atoms with van der Waals surface area (Å²) in [5.41, 5.74) is 0. The van der Waals surface area contributed by atoms with Crippen LogP contribution in [0.25, 0.3) is 0 Å². The van der Waals surface area contributed by atoms with Gasteiger partial charge in [0.1, 0.15) is 0 Å². The van der Waals surface area contributed by atoms with Gasteiger partial charge in [0.15, 0.2) is 5.82 Å². The number of hydrogen-bond donors (Lipinski definition) is 1. The highest BCUT2D eigenvalue weighted by atomic mass is 35.5. The SMILES string of the molecule is Cc1nc(C2CCCN2CCC(=O)N2CCNCC2)no1.Cl. The van der Waals surface area contributed by atoms with E-state index in [1.54, 1.807) is 0 Å². The van der Waals surface area contributed by atoms with E-state index in [2.05, 4.69) is 20.4 Å². The number of carbonyl (C=O) groups excluding carboxylic acids is 1. The van der Waals surface area contributed by atoms with Crippen molar-refractivity contribution in [1.82, 2.24) is 25.3 Å². The van der Waals surface area contributed by atoms with Gasteiger partial charge in [0.25, 0.3) is 0 Å². The third-order valence-corrected chi connectivity index (χ3v) is 4.29. The second-order valence-corrected chi connectivity index (χ2v) is 5.75. The van der Waals surface area contributed by atoms with Crippen LogP contribution < -0.4 is 5.32 Å². The molecule has 1 aromatic rings. The molecule has 1 N–H and O–H groups in total. The molecule has 0 spiro atoms. The number of amides is 1. The molecule has 2 aliphatic rings. The monoisotopic (exact) mass is 329 g/mol. The van der Waals surface area contributed by atoms with Gasteiger partial charge < -0.3 is 14.7 Å². The third-order valence-electron chi connectivity index (χ3n) is 4.29. The maximum atomic E-state index is 12.2. The molecule has 1 aromatic heterocycles. The highest BCUT2D eigenvalue weighted by Crippen LogP contribution is 2.30. The molecule has 1 unspecified atom stereocenters. The lowest BCUT2D eigenvalue weighted by atomic mass is 10.2. The van der Waals surface area contributed by atoms with Gasteiger partial charge in [-0.3, -0.25) is 9.69 Å². The summed E-state index contributed by atoms with van der Waals surface area (Å²) in [5, 5.41) is 7.30. The average molecular weight is 330 g/mol. The lowest BCUT2D eigenvalue weighted by Gasteiger charge is -2.29. The summed E-state index contributed by atoms with van der Waals surface area (Å²) in [6.07, 6.45) is 2.74. The van der Waals surface area contributed by atoms with Gasteiger partial charge in [-0.25, -0.2) is 0 Å². The number of aryl methyl sites for hydroxylation is 1. The number of halogens is 1. The molecule has 0 radical (unpaired) electrons. The van der Waals surface area contributed by atoms with Crippen LogP contribution >= 0.6 is 12.4 Å². The minimum atomic E-state index is 0. The van der Waals surface area contributed by atoms with E-state index in [9.17, 15) is 4.79 Å². The second-order valence-electron chi connectivity index (χ2n) is 5.75. The summed E-state index contributed by atoms with van der Waals surface area (Å²) in [5.74, 6) is 1.62. The Labute approximate surface area is 136 Å². The van der Waals surface area contributed by atoms with Crippen molar-refractivity contribution in [2.45, 2.75) is 32.2 Å². The van der Waals surface area contributed by atoms with Crippen LogP contribution in [0.1, 0.15) is 37.0 Å². The highest BCUT2D eigenvalue weighted by molar-refractivity contribution is 5.85. The summed E-state index contributed by atoms with van der Waals surface area (Å²) < 4.78 is 5.08. The molecule has 7 nitrogen and oxygen atoms in total. The molecule has 0 bridgehead atoms. The smallest absolute Gasteiger partial charge is 0.223 e. The van der Waals surface area contributed by atoms with Crippen molar-refractivity contribution < 1.29 is 9.32 Å². The van der Waals surface area contributed by atoms with Gasteiger partial charge in [-0.15, -0.1) is 12.4 Å². The topological polar surface area (TPSA) is 74.5 Å². The van der Waals surface area contributed by atoms with Gasteiger partial charge in [0.05, 0.1) is 6.04 Å². The quantitative estimate of drug-likeness (QED) is 0.879. The Morgan fingerprint density at radius 3 is 2.82 bits per heavy atom. The van der Waals surface area contributed by atoms with Crippen molar-refractivity contribution in [1.29, 1.82) is 0 Å². The first kappa shape index (κ1) is 17.2. The summed E-state index contributed by atoms with van der Waals surface area (Å²) in [6.45, 7) is 7.05. The largest absolute Gasteiger partial charge is 0.340 e. The Morgan fingerprint density at radius 1 is 1.36 bits per heavy atom. The first-order valence-corrected chi connectivity index (χ1v) is 7.77. The predicted octanol–water partition coefficient (Wildman–Crippen LogP) is 0.759. The van der Waals surface area contributed by atoms with Gasteiger partial charge in [0, 0.05) is 46.1 Å². The maximum absolute atomic E-state index is 12.2. The molecule has 2 fully saturated rings. The zero-order valence-electron chi connectivity index (χ0n) is 13.0. The lowest BCUT2D eigenvalue weighted by Crippen LogP contribution is -2.47. The van der Waals surface area contributed by atoms with E-state index in [1.807, 2.05) is 11.8 Å². The number of nitrogens with one attached hydrogen (secondary N) is 1. The number of piperazine rings is 1. The van der Waals surface area contributed by atoms with E-state index < -0.39 is 0 Å². The molecule has 8 heteroatoms. The van der Waals surface area contributed by atoms with E-state index >= 15 is 0 Å². The van der Waals surface area contributed by atoms with Gasteiger partial charge in [-0.05, 0) is 19.4 Å². The standard InChI is InChI=1S/C14H23N5O2.ClH/c1-11-16-14(17-21-11)12-3-2-7-18(12)8-4-13(20)19-9-5-15-6-10-19;/h12,15H,2-10H2,1H3;1H. The molecular weight excluding hydrogens is 306 g/mol. The van der Waals surface area contributed by atoms with Crippen LogP contribution in [0.4, 0.5) is 0 Å². The van der Waals surface area contributed by atoms with Crippen molar-refractivity contribution in [3.8, 4) is 0 Å². The Morgan fingerprint density at radius 2 is 2.14 bits per heavy atom. The van der Waals surface area contributed by atoms with E-state index in [1.165, 1.54) is 0 Å². The predicted molar refractivity (Wildman–Crippen MR) is 83.9 cm³/mol. The van der Waals surface area contributed by atoms with Crippen LogP contribution in [-0.4, -0.2) is 65.1 Å². The Hall–Kier alpha value is -1.18. The first-order chi connectivity index (χ1) is 10.2. The van der Waals surface area contributed by atoms with Gasteiger partial charge in [-0.2, -0.15) is 4.98 Å². The fraction of sp³-hybridized carbons (Fsp3) is 0.786. The van der Waals surface area contributed by atoms with Crippen molar-refractivity contribution >= 4 is 18.3 Å². The van der Waals surface area contributed by atoms with Crippen molar-refractivity contribution in [3.05, 3.63) is 11.7 Å². The van der Waals surface area contributed by atoms with Crippen LogP contribution in [0.2, 0.25) is 0 Å². The molecule has 2 saturated heterocycles. The van der Waals surface area contributed by atoms with Crippen molar-refractivity contribution in [2.75, 3.05) is 39.3 Å². The molecule has 22 heavy (non-hydrogen) atoms. The van der Waals surface area contributed by atoms with Crippen LogP contribution in [0.15, 0.2) is 4.52 Å². The third kappa shape index (κ3) is 3.97. The van der Waals surface area contributed by atoms with Crippen molar-refractivity contribution in [3.63, 3.8) is 0 Å². The number of rotatable bonds is 4. The molecule has 1 atom stereocenters. The lowest BCUT2D eigenvalue weighted by molar-refractivity contribution is -0.132. The normalized spacial score (nSPS) is 22.6. The molecule has 2 aliphatic heterocycles. The molecule has 1 amide bonds. The Balaban J connectivity index is 0.00000176. The molecular formula is C14H24ClN5O2. The van der Waals surface area contributed by atoms with E-state index in [-0.39, 0.29) is 24.4 Å². The minimum Gasteiger partial charge on any atom is -0.340 e. The molecule has 3 heterocycles. The average Bonchev–Trinajstić information content (AvgIpc) is 3.14. The first-order valence-electron chi connectivity index (χ1n) is 7.77. The molecule has 124 valence electrons. The summed E-state index contributed by atoms with van der Waals surface area (Å²) in [7, 11) is 0. The number of hydrogen-bond acceptors (Lipinski definition) is 6. The summed E-state index contributed by atoms with van der Waals surface area (Å²) in [4.78, 5) is 20.8. The van der Waals surface area contributed by atoms with Gasteiger partial charge >= 0.3 is 0 Å². The number of likely N-dealkylation sites (tertiary alicyclic amines) is 1. The number of nitrogens with zero attached hydrogens (tertiary/aromatic N) is 4. The van der Waals surface area contributed by atoms with Crippen LogP contribution in [0, 0.1) is 6.92 Å². The minimum absolute atomic E-state index is 0. The number of carbonyl (C=O) groups is 1. The number of aromatic nitrogens is 2. The van der Waals surface area contributed by atoms with Crippen LogP contribution in [0.5, 0.6) is 0 Å². The van der Waals surface area contributed by atoms with Crippen LogP contribution in [0.3, 0.4) is 0 Å². The zero-order chi connectivity index (χ0) is 14.7. The molecule has 0 aliphatic carbocycles. The van der Waals surface area contributed by atoms with Crippen LogP contribution in [-0.2, 0) is 4.79 Å². The summed E-state index contributed by atoms with van der Waals surface area (Å²) >= 11 is 0. The summed E-state index contributed by atoms with van der Waals surface area (Å²) in [6, 6.07) is 0.207. The Bertz CT molecular complexity index is 489. The van der Waals surface area contributed by atoms with E-state index in [0.29, 0.717) is 12.3 Å².